The maximum Gasteiger partial charge on any atom is 0.142 e. The minimum absolute atomic E-state index is 0.366. The van der Waals surface area contributed by atoms with Crippen LogP contribution in [-0.4, -0.2) is 7.11 Å². The number of rotatable bonds is 3. The molecule has 0 spiro atoms. The number of hydrogen-bond donors (Lipinski definition) is 0. The van der Waals surface area contributed by atoms with Gasteiger partial charge in [-0.1, -0.05) is 28.1 Å². The Morgan fingerprint density at radius 1 is 1.11 bits per heavy atom. The third kappa shape index (κ3) is 2.98. The van der Waals surface area contributed by atoms with Gasteiger partial charge in [0.25, 0.3) is 0 Å². The van der Waals surface area contributed by atoms with Crippen LogP contribution in [0.1, 0.15) is 16.0 Å². The van der Waals surface area contributed by atoms with Crippen molar-refractivity contribution >= 4 is 31.9 Å². The van der Waals surface area contributed by atoms with Crippen LogP contribution in [-0.2, 0) is 0 Å². The van der Waals surface area contributed by atoms with Crippen molar-refractivity contribution in [2.45, 2.75) is 4.83 Å². The largest absolute Gasteiger partial charge is 0.496 e. The molecule has 0 heterocycles. The third-order valence-electron chi connectivity index (χ3n) is 2.72. The lowest BCUT2D eigenvalue weighted by atomic mass is 10.0. The number of methoxy groups -OCH3 is 1. The van der Waals surface area contributed by atoms with Gasteiger partial charge in [-0.15, -0.1) is 0 Å². The molecule has 0 aliphatic heterocycles. The lowest BCUT2D eigenvalue weighted by Gasteiger charge is -2.16. The first-order valence-electron chi connectivity index (χ1n) is 5.46. The Kier molecular flexibility index (Phi) is 4.58. The quantitative estimate of drug-likeness (QED) is 0.651. The van der Waals surface area contributed by atoms with Gasteiger partial charge in [0.15, 0.2) is 0 Å². The summed E-state index contributed by atoms with van der Waals surface area (Å²) in [5.41, 5.74) is 0.956. The zero-order chi connectivity index (χ0) is 14.0. The van der Waals surface area contributed by atoms with Gasteiger partial charge in [0.05, 0.1) is 16.4 Å². The van der Waals surface area contributed by atoms with Crippen molar-refractivity contribution in [3.63, 3.8) is 0 Å². The first-order valence-corrected chi connectivity index (χ1v) is 7.17. The Balaban J connectivity index is 2.52. The molecule has 19 heavy (non-hydrogen) atoms. The van der Waals surface area contributed by atoms with E-state index >= 15 is 0 Å². The molecule has 0 bridgehead atoms. The van der Waals surface area contributed by atoms with E-state index in [1.165, 1.54) is 25.3 Å². The zero-order valence-electron chi connectivity index (χ0n) is 9.96. The van der Waals surface area contributed by atoms with Crippen molar-refractivity contribution in [3.8, 4) is 5.75 Å². The number of benzene rings is 2. The van der Waals surface area contributed by atoms with Crippen LogP contribution in [0.15, 0.2) is 40.9 Å². The molecular formula is C14H10Br2F2O. The lowest BCUT2D eigenvalue weighted by Crippen LogP contribution is -2.00. The van der Waals surface area contributed by atoms with E-state index in [2.05, 4.69) is 31.9 Å². The number of halogens is 4. The molecule has 1 atom stereocenters. The molecule has 0 fully saturated rings. The van der Waals surface area contributed by atoms with Crippen LogP contribution in [0.3, 0.4) is 0 Å². The molecule has 0 saturated carbocycles. The molecule has 0 radical (unpaired) electrons. The molecular weight excluding hydrogens is 382 g/mol. The molecule has 1 nitrogen and oxygen atoms in total. The van der Waals surface area contributed by atoms with E-state index in [0.717, 1.165) is 0 Å². The Hall–Kier alpha value is -0.940. The molecule has 0 aliphatic rings. The molecule has 2 aromatic rings. The van der Waals surface area contributed by atoms with Crippen LogP contribution in [0, 0.1) is 11.6 Å². The van der Waals surface area contributed by atoms with E-state index in [1.54, 1.807) is 18.2 Å². The highest BCUT2D eigenvalue weighted by Gasteiger charge is 2.20. The van der Waals surface area contributed by atoms with E-state index in [4.69, 9.17) is 4.74 Å². The molecule has 1 unspecified atom stereocenters. The summed E-state index contributed by atoms with van der Waals surface area (Å²) in [6, 6.07) is 9.14. The average molecular weight is 392 g/mol. The van der Waals surface area contributed by atoms with Crippen LogP contribution < -0.4 is 4.74 Å². The summed E-state index contributed by atoms with van der Waals surface area (Å²) in [5, 5.41) is 0. The Bertz CT molecular complexity index is 602. The highest BCUT2D eigenvalue weighted by Crippen LogP contribution is 2.39. The average Bonchev–Trinajstić information content (AvgIpc) is 2.41. The van der Waals surface area contributed by atoms with Crippen molar-refractivity contribution in [1.82, 2.24) is 0 Å². The number of ether oxygens (including phenoxy) is 1. The van der Waals surface area contributed by atoms with Crippen molar-refractivity contribution in [3.05, 3.63) is 63.6 Å². The first kappa shape index (κ1) is 14.5. The summed E-state index contributed by atoms with van der Waals surface area (Å²) in [5.74, 6) is -0.269. The van der Waals surface area contributed by atoms with Crippen molar-refractivity contribution in [1.29, 1.82) is 0 Å². The molecule has 2 rings (SSSR count). The fourth-order valence-corrected chi connectivity index (χ4v) is 2.88. The normalized spacial score (nSPS) is 12.3. The standard InChI is InChI=1S/C14H10Br2F2O/c1-19-12-6-5-8(17)7-10(12)13(16)9-3-2-4-11(15)14(9)18/h2-7,13H,1H3. The van der Waals surface area contributed by atoms with E-state index in [1.807, 2.05) is 0 Å². The lowest BCUT2D eigenvalue weighted by molar-refractivity contribution is 0.409. The van der Waals surface area contributed by atoms with Gasteiger partial charge in [0, 0.05) is 11.1 Å². The minimum Gasteiger partial charge on any atom is -0.496 e. The van der Waals surface area contributed by atoms with E-state index in [-0.39, 0.29) is 5.82 Å². The molecule has 0 N–H and O–H groups in total. The van der Waals surface area contributed by atoms with Crippen LogP contribution in [0.5, 0.6) is 5.75 Å². The maximum absolute atomic E-state index is 14.1. The third-order valence-corrected chi connectivity index (χ3v) is 4.32. The van der Waals surface area contributed by atoms with Gasteiger partial charge < -0.3 is 4.74 Å². The Morgan fingerprint density at radius 2 is 1.84 bits per heavy atom. The van der Waals surface area contributed by atoms with Gasteiger partial charge >= 0.3 is 0 Å². The van der Waals surface area contributed by atoms with Gasteiger partial charge in [-0.3, -0.25) is 0 Å². The molecule has 0 aliphatic carbocycles. The van der Waals surface area contributed by atoms with Crippen molar-refractivity contribution in [2.24, 2.45) is 0 Å². The molecule has 0 saturated heterocycles. The molecule has 0 aromatic heterocycles. The van der Waals surface area contributed by atoms with E-state index in [0.29, 0.717) is 21.3 Å². The topological polar surface area (TPSA) is 9.23 Å². The van der Waals surface area contributed by atoms with Crippen LogP contribution in [0.2, 0.25) is 0 Å². The Labute approximate surface area is 126 Å². The van der Waals surface area contributed by atoms with Crippen LogP contribution in [0.4, 0.5) is 8.78 Å². The molecule has 5 heteroatoms. The predicted molar refractivity (Wildman–Crippen MR) is 77.8 cm³/mol. The summed E-state index contributed by atoms with van der Waals surface area (Å²) in [7, 11) is 1.49. The second kappa shape index (κ2) is 6.01. The molecule has 100 valence electrons. The van der Waals surface area contributed by atoms with Gasteiger partial charge in [-0.2, -0.15) is 0 Å². The fraction of sp³-hybridized carbons (Fsp3) is 0.143. The summed E-state index contributed by atoms with van der Waals surface area (Å²) >= 11 is 6.53. The van der Waals surface area contributed by atoms with Gasteiger partial charge in [0.2, 0.25) is 0 Å². The Morgan fingerprint density at radius 3 is 2.53 bits per heavy atom. The predicted octanol–water partition coefficient (Wildman–Crippen LogP) is 5.22. The van der Waals surface area contributed by atoms with Gasteiger partial charge in [-0.05, 0) is 40.2 Å². The van der Waals surface area contributed by atoms with Crippen LogP contribution >= 0.6 is 31.9 Å². The fourth-order valence-electron chi connectivity index (χ4n) is 1.79. The second-order valence-corrected chi connectivity index (χ2v) is 5.66. The highest BCUT2D eigenvalue weighted by molar-refractivity contribution is 9.10. The van der Waals surface area contributed by atoms with Gasteiger partial charge in [-0.25, -0.2) is 8.78 Å². The maximum atomic E-state index is 14.1. The van der Waals surface area contributed by atoms with E-state index < -0.39 is 10.6 Å². The smallest absolute Gasteiger partial charge is 0.142 e. The number of alkyl halides is 1. The summed E-state index contributed by atoms with van der Waals surface area (Å²) < 4.78 is 33.0. The highest BCUT2D eigenvalue weighted by atomic mass is 79.9. The summed E-state index contributed by atoms with van der Waals surface area (Å²) in [6.07, 6.45) is 0. The summed E-state index contributed by atoms with van der Waals surface area (Å²) in [4.78, 5) is -0.490. The first-order chi connectivity index (χ1) is 9.04. The zero-order valence-corrected chi connectivity index (χ0v) is 13.1. The minimum atomic E-state index is -0.490. The van der Waals surface area contributed by atoms with Gasteiger partial charge in [0.1, 0.15) is 17.4 Å². The monoisotopic (exact) mass is 390 g/mol. The van der Waals surface area contributed by atoms with E-state index in [9.17, 15) is 8.78 Å². The van der Waals surface area contributed by atoms with Crippen molar-refractivity contribution in [2.75, 3.05) is 7.11 Å². The molecule has 0 amide bonds. The second-order valence-electron chi connectivity index (χ2n) is 3.89. The SMILES string of the molecule is COc1ccc(F)cc1C(Br)c1cccc(Br)c1F. The summed E-state index contributed by atoms with van der Waals surface area (Å²) in [6.45, 7) is 0. The van der Waals surface area contributed by atoms with Crippen LogP contribution in [0.25, 0.3) is 0 Å². The number of hydrogen-bond acceptors (Lipinski definition) is 1. The molecule has 2 aromatic carbocycles. The van der Waals surface area contributed by atoms with Crippen molar-refractivity contribution < 1.29 is 13.5 Å².